The summed E-state index contributed by atoms with van der Waals surface area (Å²) in [4.78, 5) is 32.5. The Bertz CT molecular complexity index is 1220. The maximum Gasteiger partial charge on any atom is 0.410 e. The number of nitrogens with zero attached hydrogens (tertiary/aromatic N) is 4. The predicted molar refractivity (Wildman–Crippen MR) is 148 cm³/mol. The molecule has 3 atom stereocenters. The fourth-order valence-electron chi connectivity index (χ4n) is 5.33. The topological polar surface area (TPSA) is 122 Å². The minimum absolute atomic E-state index is 0.0559. The van der Waals surface area contributed by atoms with Gasteiger partial charge < -0.3 is 25.0 Å². The summed E-state index contributed by atoms with van der Waals surface area (Å²) in [6, 6.07) is 9.20. The van der Waals surface area contributed by atoms with Crippen molar-refractivity contribution >= 4 is 12.0 Å². The van der Waals surface area contributed by atoms with Crippen LogP contribution in [0.4, 0.5) is 9.18 Å². The number of aromatic nitrogens is 1. The number of benzene rings is 1. The Morgan fingerprint density at radius 1 is 1.12 bits per heavy atom. The number of ether oxygens (including phenoxy) is 2. The number of amides is 2. The molecular weight excluding hydrogens is 513 g/mol. The third-order valence-electron chi connectivity index (χ3n) is 7.67. The van der Waals surface area contributed by atoms with Crippen LogP contribution in [0.15, 0.2) is 36.5 Å². The smallest absolute Gasteiger partial charge is 0.410 e. The van der Waals surface area contributed by atoms with E-state index < -0.39 is 17.9 Å². The summed E-state index contributed by atoms with van der Waals surface area (Å²) in [6.07, 6.45) is 4.28. The van der Waals surface area contributed by atoms with Gasteiger partial charge in [-0.3, -0.25) is 4.79 Å². The summed E-state index contributed by atoms with van der Waals surface area (Å²) in [5.74, 6) is 0.00934. The van der Waals surface area contributed by atoms with Crippen LogP contribution >= 0.6 is 0 Å². The monoisotopic (exact) mass is 551 g/mol. The van der Waals surface area contributed by atoms with Crippen molar-refractivity contribution in [2.24, 2.45) is 11.7 Å². The number of halogens is 1. The molecule has 0 radical (unpaired) electrons. The Labute approximate surface area is 235 Å². The lowest BCUT2D eigenvalue weighted by Crippen LogP contribution is -2.46. The lowest BCUT2D eigenvalue weighted by Gasteiger charge is -2.34. The highest BCUT2D eigenvalue weighted by molar-refractivity contribution is 5.83. The lowest BCUT2D eigenvalue weighted by molar-refractivity contribution is -0.132. The Kier molecular flexibility index (Phi) is 9.58. The van der Waals surface area contributed by atoms with E-state index >= 15 is 0 Å². The van der Waals surface area contributed by atoms with E-state index in [1.54, 1.807) is 29.3 Å². The second-order valence-corrected chi connectivity index (χ2v) is 10.9. The van der Waals surface area contributed by atoms with Gasteiger partial charge in [0.25, 0.3) is 0 Å². The van der Waals surface area contributed by atoms with E-state index in [1.807, 2.05) is 26.8 Å². The molecule has 10 heteroatoms. The molecule has 2 fully saturated rings. The quantitative estimate of drug-likeness (QED) is 0.519. The number of hydrogen-bond donors (Lipinski definition) is 1. The molecule has 0 aliphatic carbocycles. The van der Waals surface area contributed by atoms with E-state index in [4.69, 9.17) is 15.2 Å². The molecule has 3 heterocycles. The molecule has 214 valence electrons. The molecule has 0 bridgehead atoms. The fourth-order valence-corrected chi connectivity index (χ4v) is 5.33. The second kappa shape index (κ2) is 13.1. The predicted octanol–water partition coefficient (Wildman–Crippen LogP) is 4.30. The average Bonchev–Trinajstić information content (AvgIpc) is 3.43. The fraction of sp³-hybridized carbons (Fsp3) is 0.533. The van der Waals surface area contributed by atoms with Crippen molar-refractivity contribution in [1.29, 1.82) is 5.26 Å². The minimum Gasteiger partial charge on any atom is -0.474 e. The van der Waals surface area contributed by atoms with Crippen molar-refractivity contribution < 1.29 is 23.5 Å². The van der Waals surface area contributed by atoms with E-state index in [-0.39, 0.29) is 30.6 Å². The summed E-state index contributed by atoms with van der Waals surface area (Å²) >= 11 is 0. The van der Waals surface area contributed by atoms with Gasteiger partial charge in [-0.1, -0.05) is 12.1 Å². The maximum absolute atomic E-state index is 15.0. The summed E-state index contributed by atoms with van der Waals surface area (Å²) in [5, 5.41) is 9.23. The van der Waals surface area contributed by atoms with Crippen LogP contribution in [-0.2, 0) is 16.0 Å². The molecule has 0 saturated carbocycles. The van der Waals surface area contributed by atoms with Gasteiger partial charge >= 0.3 is 6.09 Å². The molecule has 2 aliphatic heterocycles. The Hall–Kier alpha value is -3.71. The number of carbonyl (C=O) groups is 2. The summed E-state index contributed by atoms with van der Waals surface area (Å²) < 4.78 is 26.3. The van der Waals surface area contributed by atoms with Gasteiger partial charge in [0.15, 0.2) is 0 Å². The molecule has 2 aromatic rings. The number of nitrogens with two attached hydrogens (primary N) is 1. The zero-order valence-corrected chi connectivity index (χ0v) is 23.4. The first-order valence-corrected chi connectivity index (χ1v) is 14.0. The van der Waals surface area contributed by atoms with Crippen molar-refractivity contribution in [2.45, 2.75) is 77.2 Å². The summed E-state index contributed by atoms with van der Waals surface area (Å²) in [7, 11) is 0. The van der Waals surface area contributed by atoms with E-state index in [2.05, 4.69) is 11.1 Å². The van der Waals surface area contributed by atoms with Crippen LogP contribution in [0.3, 0.4) is 0 Å². The molecule has 2 N–H and O–H groups in total. The first-order valence-electron chi connectivity index (χ1n) is 14.0. The van der Waals surface area contributed by atoms with Gasteiger partial charge in [-0.05, 0) is 82.1 Å². The van der Waals surface area contributed by atoms with Gasteiger partial charge in [0.2, 0.25) is 11.8 Å². The Morgan fingerprint density at radius 2 is 1.85 bits per heavy atom. The van der Waals surface area contributed by atoms with Crippen LogP contribution in [0.2, 0.25) is 0 Å². The van der Waals surface area contributed by atoms with Gasteiger partial charge in [0.1, 0.15) is 18.0 Å². The Morgan fingerprint density at radius 3 is 2.48 bits per heavy atom. The van der Waals surface area contributed by atoms with Crippen LogP contribution in [0.25, 0.3) is 11.1 Å². The molecule has 2 saturated heterocycles. The van der Waals surface area contributed by atoms with Gasteiger partial charge in [-0.2, -0.15) is 5.26 Å². The van der Waals surface area contributed by atoms with Crippen LogP contribution in [0, 0.1) is 23.1 Å². The molecule has 1 aromatic heterocycles. The van der Waals surface area contributed by atoms with Crippen molar-refractivity contribution in [2.75, 3.05) is 19.6 Å². The molecule has 40 heavy (non-hydrogen) atoms. The highest BCUT2D eigenvalue weighted by Crippen LogP contribution is 2.27. The lowest BCUT2D eigenvalue weighted by atomic mass is 9.92. The van der Waals surface area contributed by atoms with Crippen LogP contribution < -0.4 is 10.5 Å². The number of pyridine rings is 1. The highest BCUT2D eigenvalue weighted by Gasteiger charge is 2.32. The van der Waals surface area contributed by atoms with Crippen molar-refractivity contribution in [1.82, 2.24) is 14.8 Å². The third-order valence-corrected chi connectivity index (χ3v) is 7.67. The van der Waals surface area contributed by atoms with Crippen LogP contribution in [-0.4, -0.2) is 70.7 Å². The minimum atomic E-state index is -0.907. The largest absolute Gasteiger partial charge is 0.474 e. The maximum atomic E-state index is 15.0. The van der Waals surface area contributed by atoms with E-state index in [0.717, 1.165) is 24.8 Å². The zero-order valence-electron chi connectivity index (χ0n) is 23.4. The number of hydrogen-bond acceptors (Lipinski definition) is 7. The number of nitriles is 1. The molecule has 1 aromatic carbocycles. The van der Waals surface area contributed by atoms with E-state index in [1.165, 1.54) is 11.0 Å². The summed E-state index contributed by atoms with van der Waals surface area (Å²) in [6.45, 7) is 7.47. The SMILES string of the molecule is CC(C)OC(=O)N1CCC(C(C)Oc2ccc(-c3ccc(CC(N)C(=O)N4CCCC4C#N)c(F)c3)cn2)CC1. The Balaban J connectivity index is 1.30. The molecule has 3 unspecified atom stereocenters. The number of likely N-dealkylation sites (tertiary alicyclic amines) is 2. The molecule has 0 spiro atoms. The van der Waals surface area contributed by atoms with E-state index in [0.29, 0.717) is 49.0 Å². The number of carbonyl (C=O) groups excluding carboxylic acids is 2. The standard InChI is InChI=1S/C30H38FN5O4/c1-19(2)39-30(38)35-13-10-21(11-14-35)20(3)40-28-9-8-24(18-34-28)22-6-7-23(26(31)15-22)16-27(33)29(37)36-12-4-5-25(36)17-32/h6-9,15,18-21,25,27H,4-5,10-14,16,33H2,1-3H3. The number of piperidine rings is 1. The average molecular weight is 552 g/mol. The zero-order chi connectivity index (χ0) is 28.8. The normalized spacial score (nSPS) is 19.3. The van der Waals surface area contributed by atoms with Gasteiger partial charge in [-0.15, -0.1) is 0 Å². The third kappa shape index (κ3) is 7.07. The van der Waals surface area contributed by atoms with E-state index in [9.17, 15) is 19.2 Å². The molecule has 9 nitrogen and oxygen atoms in total. The summed E-state index contributed by atoms with van der Waals surface area (Å²) in [5.41, 5.74) is 7.83. The first kappa shape index (κ1) is 29.3. The molecule has 2 amide bonds. The van der Waals surface area contributed by atoms with Gasteiger partial charge in [0, 0.05) is 37.5 Å². The van der Waals surface area contributed by atoms with Crippen molar-refractivity contribution in [3.8, 4) is 23.1 Å². The van der Waals surface area contributed by atoms with Crippen LogP contribution in [0.1, 0.15) is 52.0 Å². The molecular formula is C30H38FN5O4. The molecule has 4 rings (SSSR count). The van der Waals surface area contributed by atoms with Crippen molar-refractivity contribution in [3.05, 3.63) is 47.9 Å². The van der Waals surface area contributed by atoms with Crippen LogP contribution in [0.5, 0.6) is 5.88 Å². The first-order chi connectivity index (χ1) is 19.2. The molecule has 2 aliphatic rings. The van der Waals surface area contributed by atoms with Gasteiger partial charge in [-0.25, -0.2) is 14.2 Å². The second-order valence-electron chi connectivity index (χ2n) is 10.9. The number of rotatable bonds is 8. The van der Waals surface area contributed by atoms with Crippen molar-refractivity contribution in [3.63, 3.8) is 0 Å². The highest BCUT2D eigenvalue weighted by atomic mass is 19.1. The van der Waals surface area contributed by atoms with Gasteiger partial charge in [0.05, 0.1) is 18.2 Å².